The summed E-state index contributed by atoms with van der Waals surface area (Å²) in [5.41, 5.74) is 2.72. The van der Waals surface area contributed by atoms with E-state index in [-0.39, 0.29) is 11.3 Å². The molecule has 0 aromatic heterocycles. The van der Waals surface area contributed by atoms with Crippen molar-refractivity contribution in [2.75, 3.05) is 18.1 Å². The molecular weight excluding hydrogens is 478 g/mol. The second-order valence-corrected chi connectivity index (χ2v) is 10.5. The van der Waals surface area contributed by atoms with Crippen LogP contribution in [0.2, 0.25) is 0 Å². The summed E-state index contributed by atoms with van der Waals surface area (Å²) in [6, 6.07) is 20.9. The Balaban J connectivity index is 1.77. The molecule has 6 nitrogen and oxygen atoms in total. The van der Waals surface area contributed by atoms with Crippen LogP contribution in [0.25, 0.3) is 5.76 Å². The topological polar surface area (TPSA) is 76.1 Å². The number of carbonyl (C=O) groups excluding carboxylic acids is 2. The van der Waals surface area contributed by atoms with Crippen molar-refractivity contribution in [3.05, 3.63) is 95.1 Å². The van der Waals surface area contributed by atoms with E-state index in [0.717, 1.165) is 5.56 Å². The van der Waals surface area contributed by atoms with Crippen molar-refractivity contribution in [2.45, 2.75) is 40.7 Å². The number of rotatable bonds is 9. The molecule has 6 heteroatoms. The number of hydrogen-bond acceptors (Lipinski definition) is 5. The van der Waals surface area contributed by atoms with Crippen LogP contribution in [0.4, 0.5) is 5.69 Å². The summed E-state index contributed by atoms with van der Waals surface area (Å²) in [5, 5.41) is 11.4. The molecule has 1 amide bonds. The first-order valence-electron chi connectivity index (χ1n) is 13.0. The van der Waals surface area contributed by atoms with E-state index in [9.17, 15) is 14.7 Å². The van der Waals surface area contributed by atoms with Gasteiger partial charge in [-0.05, 0) is 78.4 Å². The third-order valence-electron chi connectivity index (χ3n) is 6.21. The van der Waals surface area contributed by atoms with Gasteiger partial charge in [0.1, 0.15) is 17.3 Å². The molecular formula is C32H35NO5. The van der Waals surface area contributed by atoms with E-state index >= 15 is 0 Å². The maximum absolute atomic E-state index is 13.4. The molecule has 1 N–H and O–H groups in total. The van der Waals surface area contributed by atoms with Crippen molar-refractivity contribution in [1.82, 2.24) is 0 Å². The number of Topliss-reactive ketones (excluding diaryl/α,β-unsaturated/α-hetero) is 1. The zero-order valence-corrected chi connectivity index (χ0v) is 22.6. The van der Waals surface area contributed by atoms with Crippen LogP contribution in [0.5, 0.6) is 11.5 Å². The lowest BCUT2D eigenvalue weighted by Crippen LogP contribution is -2.29. The number of aryl methyl sites for hydroxylation is 1. The van der Waals surface area contributed by atoms with Crippen molar-refractivity contribution >= 4 is 23.1 Å². The highest BCUT2D eigenvalue weighted by atomic mass is 16.5. The SMILES string of the molecule is Cc1cccc(N2C(=O)C(=O)/C(=C(/O)c3ccc(OCC(C)C)cc3)C2c2ccc(OCC(C)C)cc2)c1. The lowest BCUT2D eigenvalue weighted by atomic mass is 9.95. The molecule has 1 aliphatic rings. The number of benzene rings is 3. The summed E-state index contributed by atoms with van der Waals surface area (Å²) in [6.45, 7) is 11.4. The number of anilines is 1. The second-order valence-electron chi connectivity index (χ2n) is 10.5. The molecule has 0 spiro atoms. The van der Waals surface area contributed by atoms with E-state index in [1.54, 1.807) is 30.3 Å². The lowest BCUT2D eigenvalue weighted by molar-refractivity contribution is -0.132. The molecule has 3 aromatic carbocycles. The summed E-state index contributed by atoms with van der Waals surface area (Å²) < 4.78 is 11.6. The second kappa shape index (κ2) is 11.5. The highest BCUT2D eigenvalue weighted by Crippen LogP contribution is 2.42. The van der Waals surface area contributed by atoms with Gasteiger partial charge in [-0.25, -0.2) is 0 Å². The average molecular weight is 514 g/mol. The third-order valence-corrected chi connectivity index (χ3v) is 6.21. The predicted molar refractivity (Wildman–Crippen MR) is 150 cm³/mol. The Morgan fingerprint density at radius 1 is 0.842 bits per heavy atom. The van der Waals surface area contributed by atoms with Crippen molar-refractivity contribution in [3.63, 3.8) is 0 Å². The fourth-order valence-corrected chi connectivity index (χ4v) is 4.33. The highest BCUT2D eigenvalue weighted by Gasteiger charge is 2.47. The molecule has 38 heavy (non-hydrogen) atoms. The van der Waals surface area contributed by atoms with Gasteiger partial charge in [-0.15, -0.1) is 0 Å². The van der Waals surface area contributed by atoms with E-state index < -0.39 is 17.7 Å². The molecule has 1 fully saturated rings. The molecule has 0 bridgehead atoms. The van der Waals surface area contributed by atoms with Gasteiger partial charge < -0.3 is 14.6 Å². The third kappa shape index (κ3) is 5.91. The largest absolute Gasteiger partial charge is 0.507 e. The fourth-order valence-electron chi connectivity index (χ4n) is 4.33. The molecule has 4 rings (SSSR count). The lowest BCUT2D eigenvalue weighted by Gasteiger charge is -2.26. The van der Waals surface area contributed by atoms with Crippen LogP contribution in [0.15, 0.2) is 78.4 Å². The minimum absolute atomic E-state index is 0.0446. The molecule has 198 valence electrons. The predicted octanol–water partition coefficient (Wildman–Crippen LogP) is 6.69. The van der Waals surface area contributed by atoms with Crippen LogP contribution in [-0.2, 0) is 9.59 Å². The van der Waals surface area contributed by atoms with Crippen molar-refractivity contribution in [2.24, 2.45) is 11.8 Å². The molecule has 0 radical (unpaired) electrons. The first kappa shape index (κ1) is 27.0. The number of aliphatic hydroxyl groups is 1. The Hall–Kier alpha value is -4.06. The van der Waals surface area contributed by atoms with Crippen molar-refractivity contribution in [1.29, 1.82) is 0 Å². The molecule has 1 unspecified atom stereocenters. The van der Waals surface area contributed by atoms with Gasteiger partial charge in [-0.2, -0.15) is 0 Å². The normalized spacial score (nSPS) is 16.9. The molecule has 3 aromatic rings. The van der Waals surface area contributed by atoms with Crippen LogP contribution in [0.3, 0.4) is 0 Å². The van der Waals surface area contributed by atoms with Crippen LogP contribution in [0.1, 0.15) is 50.4 Å². The minimum atomic E-state index is -0.798. The molecule has 0 saturated carbocycles. The number of amides is 1. The Morgan fingerprint density at radius 3 is 1.92 bits per heavy atom. The maximum atomic E-state index is 13.4. The number of ether oxygens (including phenoxy) is 2. The van der Waals surface area contributed by atoms with Gasteiger partial charge >= 0.3 is 0 Å². The summed E-state index contributed by atoms with van der Waals surface area (Å²) in [6.07, 6.45) is 0. The average Bonchev–Trinajstić information content (AvgIpc) is 3.16. The zero-order valence-electron chi connectivity index (χ0n) is 22.6. The fraction of sp³-hybridized carbons (Fsp3) is 0.312. The van der Waals surface area contributed by atoms with Crippen molar-refractivity contribution < 1.29 is 24.2 Å². The van der Waals surface area contributed by atoms with Crippen LogP contribution < -0.4 is 14.4 Å². The van der Waals surface area contributed by atoms with Gasteiger partial charge in [-0.1, -0.05) is 52.0 Å². The standard InChI is InChI=1S/C32H35NO5/c1-20(2)18-37-26-13-9-23(10-14-26)29-28(30(34)24-11-15-27(16-12-24)38-19-21(3)4)31(35)32(36)33(29)25-8-6-7-22(5)17-25/h6-17,20-21,29,34H,18-19H2,1-5H3/b30-28+. The Bertz CT molecular complexity index is 1320. The first-order valence-corrected chi connectivity index (χ1v) is 13.0. The first-order chi connectivity index (χ1) is 18.2. The molecule has 1 atom stereocenters. The zero-order chi connectivity index (χ0) is 27.4. The van der Waals surface area contributed by atoms with Gasteiger partial charge in [0.25, 0.3) is 11.7 Å². The number of nitrogens with zero attached hydrogens (tertiary/aromatic N) is 1. The van der Waals surface area contributed by atoms with E-state index in [1.807, 2.05) is 49.4 Å². The molecule has 1 aliphatic heterocycles. The monoisotopic (exact) mass is 513 g/mol. The van der Waals surface area contributed by atoms with Crippen molar-refractivity contribution in [3.8, 4) is 11.5 Å². The Kier molecular flexibility index (Phi) is 8.20. The minimum Gasteiger partial charge on any atom is -0.507 e. The summed E-state index contributed by atoms with van der Waals surface area (Å²) in [5.74, 6) is 0.497. The molecule has 0 aliphatic carbocycles. The van der Waals surface area contributed by atoms with E-state index in [0.29, 0.717) is 53.4 Å². The van der Waals surface area contributed by atoms with E-state index in [4.69, 9.17) is 9.47 Å². The molecule has 1 heterocycles. The Labute approximate surface area is 224 Å². The van der Waals surface area contributed by atoms with Crippen LogP contribution in [-0.4, -0.2) is 30.0 Å². The summed E-state index contributed by atoms with van der Waals surface area (Å²) in [7, 11) is 0. The quantitative estimate of drug-likeness (QED) is 0.196. The number of hydrogen-bond donors (Lipinski definition) is 1. The van der Waals surface area contributed by atoms with Gasteiger partial charge in [0.2, 0.25) is 0 Å². The van der Waals surface area contributed by atoms with Crippen LogP contribution in [0, 0.1) is 18.8 Å². The van der Waals surface area contributed by atoms with E-state index in [2.05, 4.69) is 27.7 Å². The smallest absolute Gasteiger partial charge is 0.300 e. The van der Waals surface area contributed by atoms with E-state index in [1.165, 1.54) is 4.90 Å². The van der Waals surface area contributed by atoms with Gasteiger partial charge in [0.05, 0.1) is 24.8 Å². The number of aliphatic hydroxyl groups excluding tert-OH is 1. The number of carbonyl (C=O) groups is 2. The van der Waals surface area contributed by atoms with Gasteiger partial charge in [0, 0.05) is 11.3 Å². The maximum Gasteiger partial charge on any atom is 0.300 e. The molecule has 1 saturated heterocycles. The van der Waals surface area contributed by atoms with Gasteiger partial charge in [0.15, 0.2) is 0 Å². The Morgan fingerprint density at radius 2 is 1.39 bits per heavy atom. The summed E-state index contributed by atoms with van der Waals surface area (Å²) in [4.78, 5) is 28.2. The summed E-state index contributed by atoms with van der Waals surface area (Å²) >= 11 is 0. The number of ketones is 1. The van der Waals surface area contributed by atoms with Crippen LogP contribution >= 0.6 is 0 Å². The highest BCUT2D eigenvalue weighted by molar-refractivity contribution is 6.51. The van der Waals surface area contributed by atoms with Gasteiger partial charge in [-0.3, -0.25) is 14.5 Å².